The van der Waals surface area contributed by atoms with Gasteiger partial charge in [0.1, 0.15) is 0 Å². The van der Waals surface area contributed by atoms with Crippen molar-refractivity contribution in [2.45, 2.75) is 6.18 Å². The minimum atomic E-state index is -4.39. The van der Waals surface area contributed by atoms with E-state index in [1.54, 1.807) is 0 Å². The van der Waals surface area contributed by atoms with Crippen LogP contribution in [0.15, 0.2) is 36.9 Å². The van der Waals surface area contributed by atoms with E-state index in [1.165, 1.54) is 18.2 Å². The van der Waals surface area contributed by atoms with Crippen molar-refractivity contribution in [1.82, 2.24) is 10.6 Å². The van der Waals surface area contributed by atoms with E-state index in [2.05, 4.69) is 29.1 Å². The van der Waals surface area contributed by atoms with Crippen LogP contribution in [-0.4, -0.2) is 19.1 Å². The number of benzene rings is 1. The Labute approximate surface area is 114 Å². The van der Waals surface area contributed by atoms with Crippen LogP contribution in [0.4, 0.5) is 18.0 Å². The summed E-state index contributed by atoms with van der Waals surface area (Å²) in [5.41, 5.74) is -0.505. The summed E-state index contributed by atoms with van der Waals surface area (Å²) in [6.45, 7) is 3.80. The zero-order chi connectivity index (χ0) is 15.0. The molecule has 0 fully saturated rings. The van der Waals surface area contributed by atoms with E-state index in [9.17, 15) is 18.0 Å². The minimum absolute atomic E-state index is 0.0409. The molecule has 0 heterocycles. The smallest absolute Gasteiger partial charge is 0.335 e. The summed E-state index contributed by atoms with van der Waals surface area (Å²) in [7, 11) is 0. The molecule has 0 saturated carbocycles. The number of alkyl halides is 3. The first-order chi connectivity index (χ1) is 9.43. The number of halogens is 3. The van der Waals surface area contributed by atoms with Crippen LogP contribution in [0.5, 0.6) is 0 Å². The molecule has 0 aliphatic heterocycles. The topological polar surface area (TPSA) is 41.1 Å². The third-order valence-corrected chi connectivity index (χ3v) is 2.17. The van der Waals surface area contributed by atoms with Crippen molar-refractivity contribution in [3.05, 3.63) is 48.0 Å². The molecular formula is C14H13F3N2O. The van der Waals surface area contributed by atoms with Crippen LogP contribution in [0.2, 0.25) is 0 Å². The molecule has 0 spiro atoms. The third-order valence-electron chi connectivity index (χ3n) is 2.17. The van der Waals surface area contributed by atoms with Gasteiger partial charge < -0.3 is 10.6 Å². The van der Waals surface area contributed by atoms with E-state index < -0.39 is 17.8 Å². The second-order valence-electron chi connectivity index (χ2n) is 3.73. The third kappa shape index (κ3) is 5.48. The van der Waals surface area contributed by atoms with Gasteiger partial charge in [-0.3, -0.25) is 0 Å². The van der Waals surface area contributed by atoms with E-state index in [0.717, 1.165) is 12.1 Å². The van der Waals surface area contributed by atoms with Gasteiger partial charge in [0.2, 0.25) is 0 Å². The zero-order valence-electron chi connectivity index (χ0n) is 10.6. The Morgan fingerprint density at radius 3 is 2.75 bits per heavy atom. The van der Waals surface area contributed by atoms with Crippen LogP contribution in [0.3, 0.4) is 0 Å². The highest BCUT2D eigenvalue weighted by Crippen LogP contribution is 2.29. The molecule has 0 aromatic heterocycles. The maximum Gasteiger partial charge on any atom is 0.416 e. The summed E-state index contributed by atoms with van der Waals surface area (Å²) in [6.07, 6.45) is -2.87. The van der Waals surface area contributed by atoms with Gasteiger partial charge in [0.15, 0.2) is 0 Å². The van der Waals surface area contributed by atoms with Gasteiger partial charge in [-0.2, -0.15) is 13.2 Å². The number of nitrogens with one attached hydrogen (secondary N) is 2. The average molecular weight is 282 g/mol. The molecule has 6 heteroatoms. The fraction of sp³-hybridized carbons (Fsp3) is 0.214. The first-order valence-electron chi connectivity index (χ1n) is 5.72. The van der Waals surface area contributed by atoms with Gasteiger partial charge in [-0.05, 0) is 18.2 Å². The Bertz CT molecular complexity index is 541. The lowest BCUT2D eigenvalue weighted by molar-refractivity contribution is -0.137. The van der Waals surface area contributed by atoms with E-state index in [4.69, 9.17) is 0 Å². The van der Waals surface area contributed by atoms with E-state index in [0.29, 0.717) is 6.54 Å². The predicted octanol–water partition coefficient (Wildman–Crippen LogP) is 2.54. The van der Waals surface area contributed by atoms with Crippen molar-refractivity contribution in [3.63, 3.8) is 0 Å². The molecular weight excluding hydrogens is 269 g/mol. The van der Waals surface area contributed by atoms with Gasteiger partial charge in [0, 0.05) is 12.1 Å². The molecule has 3 nitrogen and oxygen atoms in total. The first-order valence-corrected chi connectivity index (χ1v) is 5.72. The number of carbonyl (C=O) groups is 1. The van der Waals surface area contributed by atoms with Gasteiger partial charge in [-0.1, -0.05) is 24.0 Å². The molecule has 0 atom stereocenters. The molecule has 1 aromatic rings. The maximum atomic E-state index is 12.5. The van der Waals surface area contributed by atoms with Crippen LogP contribution in [-0.2, 0) is 6.18 Å². The van der Waals surface area contributed by atoms with Gasteiger partial charge in [0.25, 0.3) is 0 Å². The van der Waals surface area contributed by atoms with Crippen LogP contribution >= 0.6 is 0 Å². The normalized spacial score (nSPS) is 10.2. The summed E-state index contributed by atoms with van der Waals surface area (Å²) in [6, 6.07) is 4.29. The van der Waals surface area contributed by atoms with Gasteiger partial charge in [0.05, 0.1) is 12.1 Å². The molecule has 0 radical (unpaired) electrons. The molecule has 1 rings (SSSR count). The highest BCUT2D eigenvalue weighted by Gasteiger charge is 2.30. The molecule has 2 N–H and O–H groups in total. The standard InChI is InChI=1S/C14H13F3N2O/c1-2-8-18-13(20)19-9-4-6-11-5-3-7-12(10-11)14(15,16)17/h2-3,5,7,10H,1,8-9H2,(H2,18,19,20). The van der Waals surface area contributed by atoms with Crippen molar-refractivity contribution in [2.24, 2.45) is 0 Å². The number of hydrogen-bond donors (Lipinski definition) is 2. The van der Waals surface area contributed by atoms with Crippen LogP contribution in [0.1, 0.15) is 11.1 Å². The van der Waals surface area contributed by atoms with Crippen molar-refractivity contribution in [1.29, 1.82) is 0 Å². The Morgan fingerprint density at radius 1 is 1.35 bits per heavy atom. The maximum absolute atomic E-state index is 12.5. The SMILES string of the molecule is C=CCNC(=O)NCC#Cc1cccc(C(F)(F)F)c1. The lowest BCUT2D eigenvalue weighted by atomic mass is 10.1. The zero-order valence-corrected chi connectivity index (χ0v) is 10.6. The Morgan fingerprint density at radius 2 is 2.10 bits per heavy atom. The number of carbonyl (C=O) groups excluding carboxylic acids is 1. The van der Waals surface area contributed by atoms with Gasteiger partial charge >= 0.3 is 12.2 Å². The Kier molecular flexibility index (Phi) is 5.66. The van der Waals surface area contributed by atoms with Crippen LogP contribution in [0, 0.1) is 11.8 Å². The quantitative estimate of drug-likeness (QED) is 0.649. The average Bonchev–Trinajstić information content (AvgIpc) is 2.41. The van der Waals surface area contributed by atoms with Crippen molar-refractivity contribution < 1.29 is 18.0 Å². The highest BCUT2D eigenvalue weighted by molar-refractivity contribution is 5.74. The number of amides is 2. The van der Waals surface area contributed by atoms with E-state index in [-0.39, 0.29) is 12.1 Å². The highest BCUT2D eigenvalue weighted by atomic mass is 19.4. The first kappa shape index (κ1) is 15.6. The second kappa shape index (κ2) is 7.24. The molecule has 1 aromatic carbocycles. The van der Waals surface area contributed by atoms with E-state index in [1.807, 2.05) is 0 Å². The molecule has 2 amide bonds. The van der Waals surface area contributed by atoms with Crippen LogP contribution < -0.4 is 10.6 Å². The monoisotopic (exact) mass is 282 g/mol. The van der Waals surface area contributed by atoms with E-state index >= 15 is 0 Å². The van der Waals surface area contributed by atoms with Gasteiger partial charge in [-0.15, -0.1) is 6.58 Å². The summed E-state index contributed by atoms with van der Waals surface area (Å²) >= 11 is 0. The fourth-order valence-electron chi connectivity index (χ4n) is 1.27. The summed E-state index contributed by atoms with van der Waals surface area (Å²) in [4.78, 5) is 11.1. The number of urea groups is 1. The van der Waals surface area contributed by atoms with Crippen molar-refractivity contribution >= 4 is 6.03 Å². The molecule has 0 unspecified atom stereocenters. The van der Waals surface area contributed by atoms with Crippen molar-refractivity contribution in [2.75, 3.05) is 13.1 Å². The number of rotatable bonds is 3. The largest absolute Gasteiger partial charge is 0.416 e. The minimum Gasteiger partial charge on any atom is -0.335 e. The van der Waals surface area contributed by atoms with Gasteiger partial charge in [-0.25, -0.2) is 4.79 Å². The lowest BCUT2D eigenvalue weighted by Gasteiger charge is -2.05. The summed E-state index contributed by atoms with van der Waals surface area (Å²) < 4.78 is 37.4. The molecule has 106 valence electrons. The lowest BCUT2D eigenvalue weighted by Crippen LogP contribution is -2.35. The molecule has 0 bridgehead atoms. The Balaban J connectivity index is 2.56. The van der Waals surface area contributed by atoms with Crippen molar-refractivity contribution in [3.8, 4) is 11.8 Å². The molecule has 0 aliphatic carbocycles. The number of hydrogen-bond acceptors (Lipinski definition) is 1. The summed E-state index contributed by atoms with van der Waals surface area (Å²) in [5, 5.41) is 4.91. The summed E-state index contributed by atoms with van der Waals surface area (Å²) in [5.74, 6) is 5.13. The second-order valence-corrected chi connectivity index (χ2v) is 3.73. The Hall–Kier alpha value is -2.42. The predicted molar refractivity (Wildman–Crippen MR) is 69.9 cm³/mol. The fourth-order valence-corrected chi connectivity index (χ4v) is 1.27. The van der Waals surface area contributed by atoms with Crippen LogP contribution in [0.25, 0.3) is 0 Å². The molecule has 0 saturated heterocycles. The molecule has 0 aliphatic rings. The molecule has 20 heavy (non-hydrogen) atoms.